The molecule has 0 bridgehead atoms. The molecule has 0 aliphatic heterocycles. The van der Waals surface area contributed by atoms with E-state index in [0.717, 1.165) is 27.1 Å². The molecule has 1 amide bonds. The van der Waals surface area contributed by atoms with E-state index in [2.05, 4.69) is 26.4 Å². The first-order chi connectivity index (χ1) is 9.40. The fraction of sp³-hybridized carbons (Fsp3) is 0.333. The van der Waals surface area contributed by atoms with Crippen LogP contribution in [-0.2, 0) is 0 Å². The van der Waals surface area contributed by atoms with E-state index in [9.17, 15) is 4.79 Å². The summed E-state index contributed by atoms with van der Waals surface area (Å²) in [5.74, 6) is 0.617. The molecule has 4 nitrogen and oxygen atoms in total. The van der Waals surface area contributed by atoms with Crippen molar-refractivity contribution in [3.8, 4) is 0 Å². The molecule has 1 atom stereocenters. The lowest BCUT2D eigenvalue weighted by atomic mass is 10.1. The van der Waals surface area contributed by atoms with Crippen molar-refractivity contribution < 1.29 is 9.32 Å². The number of aromatic nitrogens is 1. The van der Waals surface area contributed by atoms with E-state index in [4.69, 9.17) is 4.52 Å². The molecule has 1 aromatic carbocycles. The number of halogens is 1. The summed E-state index contributed by atoms with van der Waals surface area (Å²) in [6, 6.07) is 5.55. The molecule has 0 saturated carbocycles. The molecule has 1 unspecified atom stereocenters. The van der Waals surface area contributed by atoms with Gasteiger partial charge in [0, 0.05) is 10.0 Å². The summed E-state index contributed by atoms with van der Waals surface area (Å²) >= 11 is 3.41. The number of carbonyl (C=O) groups excluding carboxylic acids is 1. The number of rotatable bonds is 3. The van der Waals surface area contributed by atoms with E-state index >= 15 is 0 Å². The number of aryl methyl sites for hydroxylation is 3. The summed E-state index contributed by atoms with van der Waals surface area (Å²) in [4.78, 5) is 12.4. The summed E-state index contributed by atoms with van der Waals surface area (Å²) in [5.41, 5.74) is 3.41. The van der Waals surface area contributed by atoms with Gasteiger partial charge in [0.1, 0.15) is 5.76 Å². The van der Waals surface area contributed by atoms with Crippen LogP contribution in [0, 0.1) is 20.8 Å². The Morgan fingerprint density at radius 2 is 2.05 bits per heavy atom. The number of carbonyl (C=O) groups is 1. The third-order valence-corrected chi connectivity index (χ3v) is 3.93. The van der Waals surface area contributed by atoms with Crippen LogP contribution in [0.2, 0.25) is 0 Å². The highest BCUT2D eigenvalue weighted by molar-refractivity contribution is 9.10. The van der Waals surface area contributed by atoms with Gasteiger partial charge in [-0.25, -0.2) is 0 Å². The molecule has 0 aliphatic rings. The summed E-state index contributed by atoms with van der Waals surface area (Å²) in [5, 5.41) is 6.89. The van der Waals surface area contributed by atoms with Gasteiger partial charge in [-0.05, 0) is 55.8 Å². The first-order valence-electron chi connectivity index (χ1n) is 6.40. The minimum absolute atomic E-state index is 0.118. The Labute approximate surface area is 126 Å². The lowest BCUT2D eigenvalue weighted by molar-refractivity contribution is 0.0939. The maximum absolute atomic E-state index is 12.4. The zero-order valence-electron chi connectivity index (χ0n) is 12.0. The molecule has 0 radical (unpaired) electrons. The molecular weight excluding hydrogens is 320 g/mol. The second kappa shape index (κ2) is 5.79. The van der Waals surface area contributed by atoms with Crippen LogP contribution in [0.1, 0.15) is 45.9 Å². The van der Waals surface area contributed by atoms with E-state index in [0.29, 0.717) is 5.56 Å². The van der Waals surface area contributed by atoms with Crippen LogP contribution < -0.4 is 5.32 Å². The van der Waals surface area contributed by atoms with Gasteiger partial charge in [-0.1, -0.05) is 16.8 Å². The summed E-state index contributed by atoms with van der Waals surface area (Å²) in [7, 11) is 0. The highest BCUT2D eigenvalue weighted by Crippen LogP contribution is 2.23. The predicted octanol–water partition coefficient (Wildman–Crippen LogP) is 3.85. The summed E-state index contributed by atoms with van der Waals surface area (Å²) < 4.78 is 5.92. The van der Waals surface area contributed by atoms with Gasteiger partial charge in [0.15, 0.2) is 0 Å². The van der Waals surface area contributed by atoms with Crippen LogP contribution >= 0.6 is 15.9 Å². The standard InChI is InChI=1S/C15H17BrN2O2/c1-8-5-6-13(16)12(7-8)15(19)17-9(2)14-10(3)18-20-11(14)4/h5-7,9H,1-4H3,(H,17,19). The van der Waals surface area contributed by atoms with Crippen LogP contribution in [0.5, 0.6) is 0 Å². The molecule has 5 heteroatoms. The first-order valence-corrected chi connectivity index (χ1v) is 7.19. The van der Waals surface area contributed by atoms with Gasteiger partial charge in [-0.3, -0.25) is 4.79 Å². The van der Waals surface area contributed by atoms with E-state index in [1.807, 2.05) is 45.9 Å². The highest BCUT2D eigenvalue weighted by Gasteiger charge is 2.19. The maximum atomic E-state index is 12.4. The molecule has 1 heterocycles. The predicted molar refractivity (Wildman–Crippen MR) is 80.7 cm³/mol. The molecule has 106 valence electrons. The normalized spacial score (nSPS) is 12.2. The average molecular weight is 337 g/mol. The molecule has 0 aliphatic carbocycles. The third kappa shape index (κ3) is 2.93. The maximum Gasteiger partial charge on any atom is 0.252 e. The van der Waals surface area contributed by atoms with Crippen LogP contribution in [0.4, 0.5) is 0 Å². The first kappa shape index (κ1) is 14.8. The van der Waals surface area contributed by atoms with Gasteiger partial charge >= 0.3 is 0 Å². The Balaban J connectivity index is 2.22. The lowest BCUT2D eigenvalue weighted by Gasteiger charge is -2.14. The zero-order valence-corrected chi connectivity index (χ0v) is 13.5. The van der Waals surface area contributed by atoms with Gasteiger partial charge in [-0.15, -0.1) is 0 Å². The minimum atomic E-state index is -0.152. The minimum Gasteiger partial charge on any atom is -0.361 e. The van der Waals surface area contributed by atoms with Crippen LogP contribution in [-0.4, -0.2) is 11.1 Å². The van der Waals surface area contributed by atoms with Gasteiger partial charge in [0.2, 0.25) is 0 Å². The Morgan fingerprint density at radius 1 is 1.35 bits per heavy atom. The number of amides is 1. The molecule has 2 aromatic rings. The van der Waals surface area contributed by atoms with Crippen LogP contribution in [0.3, 0.4) is 0 Å². The number of nitrogens with one attached hydrogen (secondary N) is 1. The molecular formula is C15H17BrN2O2. The molecule has 0 spiro atoms. The second-order valence-corrected chi connectivity index (χ2v) is 5.77. The van der Waals surface area contributed by atoms with Gasteiger partial charge < -0.3 is 9.84 Å². The number of nitrogens with zero attached hydrogens (tertiary/aromatic N) is 1. The number of hydrogen-bond acceptors (Lipinski definition) is 3. The molecule has 1 N–H and O–H groups in total. The smallest absolute Gasteiger partial charge is 0.252 e. The topological polar surface area (TPSA) is 55.1 Å². The Morgan fingerprint density at radius 3 is 2.65 bits per heavy atom. The monoisotopic (exact) mass is 336 g/mol. The van der Waals surface area contributed by atoms with Crippen molar-refractivity contribution in [3.63, 3.8) is 0 Å². The van der Waals surface area contributed by atoms with Crippen molar-refractivity contribution in [1.82, 2.24) is 10.5 Å². The summed E-state index contributed by atoms with van der Waals surface area (Å²) in [6.45, 7) is 7.60. The second-order valence-electron chi connectivity index (χ2n) is 4.92. The SMILES string of the molecule is Cc1ccc(Br)c(C(=O)NC(C)c2c(C)noc2C)c1. The molecule has 20 heavy (non-hydrogen) atoms. The van der Waals surface area contributed by atoms with Crippen molar-refractivity contribution in [3.05, 3.63) is 50.8 Å². The number of hydrogen-bond donors (Lipinski definition) is 1. The zero-order chi connectivity index (χ0) is 14.9. The lowest BCUT2D eigenvalue weighted by Crippen LogP contribution is -2.27. The average Bonchev–Trinajstić information content (AvgIpc) is 2.71. The van der Waals surface area contributed by atoms with Crippen molar-refractivity contribution in [2.24, 2.45) is 0 Å². The molecule has 0 saturated heterocycles. The van der Waals surface area contributed by atoms with E-state index in [1.165, 1.54) is 0 Å². The van der Waals surface area contributed by atoms with Crippen LogP contribution in [0.15, 0.2) is 27.2 Å². The third-order valence-electron chi connectivity index (χ3n) is 3.24. The van der Waals surface area contributed by atoms with E-state index in [1.54, 1.807) is 0 Å². The van der Waals surface area contributed by atoms with Crippen molar-refractivity contribution in [2.75, 3.05) is 0 Å². The molecule has 0 fully saturated rings. The van der Waals surface area contributed by atoms with Crippen molar-refractivity contribution in [2.45, 2.75) is 33.7 Å². The molecule has 1 aromatic heterocycles. The highest BCUT2D eigenvalue weighted by atomic mass is 79.9. The Kier molecular flexibility index (Phi) is 4.28. The van der Waals surface area contributed by atoms with Gasteiger partial charge in [-0.2, -0.15) is 0 Å². The van der Waals surface area contributed by atoms with Gasteiger partial charge in [0.25, 0.3) is 5.91 Å². The largest absolute Gasteiger partial charge is 0.361 e. The van der Waals surface area contributed by atoms with Gasteiger partial charge in [0.05, 0.1) is 17.3 Å². The Hall–Kier alpha value is -1.62. The fourth-order valence-electron chi connectivity index (χ4n) is 2.27. The Bertz CT molecular complexity index is 630. The summed E-state index contributed by atoms with van der Waals surface area (Å²) in [6.07, 6.45) is 0. The fourth-order valence-corrected chi connectivity index (χ4v) is 2.69. The van der Waals surface area contributed by atoms with Crippen molar-refractivity contribution >= 4 is 21.8 Å². The van der Waals surface area contributed by atoms with E-state index in [-0.39, 0.29) is 11.9 Å². The van der Waals surface area contributed by atoms with Crippen molar-refractivity contribution in [1.29, 1.82) is 0 Å². The quantitative estimate of drug-likeness (QED) is 0.925. The van der Waals surface area contributed by atoms with E-state index < -0.39 is 0 Å². The number of benzene rings is 1. The van der Waals surface area contributed by atoms with Crippen LogP contribution in [0.25, 0.3) is 0 Å². The molecule has 2 rings (SSSR count).